The van der Waals surface area contributed by atoms with Crippen LogP contribution in [0.1, 0.15) is 18.9 Å². The summed E-state index contributed by atoms with van der Waals surface area (Å²) in [7, 11) is 0. The minimum absolute atomic E-state index is 0.238. The molecule has 1 aliphatic carbocycles. The van der Waals surface area contributed by atoms with E-state index in [4.69, 9.17) is 26.8 Å². The molecule has 2 N–H and O–H groups in total. The molecule has 1 aromatic rings. The Bertz CT molecular complexity index is 651. The maximum atomic E-state index is 11.4. The standard InChI is InChI=1S/C16H16ClNO4/c1-10(19)22-14-7-12(16(17)20)6-13(8-14)21-9-11-4-2-3-5-15(11)18/h2-6,8,12H,7,9,18H2,1H3. The number of carbonyl (C=O) groups is 2. The van der Waals surface area contributed by atoms with Crippen LogP contribution in [0.3, 0.4) is 0 Å². The third-order valence-corrected chi connectivity index (χ3v) is 3.39. The van der Waals surface area contributed by atoms with Crippen LogP contribution in [0.15, 0.2) is 47.9 Å². The molecule has 5 nitrogen and oxygen atoms in total. The first kappa shape index (κ1) is 16.1. The Labute approximate surface area is 133 Å². The second-order valence-corrected chi connectivity index (χ2v) is 5.25. The van der Waals surface area contributed by atoms with Crippen LogP contribution in [0.25, 0.3) is 0 Å². The van der Waals surface area contributed by atoms with Crippen molar-refractivity contribution in [1.29, 1.82) is 0 Å². The topological polar surface area (TPSA) is 78.6 Å². The Hall–Kier alpha value is -2.27. The highest BCUT2D eigenvalue weighted by atomic mass is 35.5. The SMILES string of the molecule is CC(=O)OC1=CC(OCc2ccccc2N)=CC(C(=O)Cl)C1. The van der Waals surface area contributed by atoms with Gasteiger partial charge in [0.2, 0.25) is 5.24 Å². The van der Waals surface area contributed by atoms with Crippen molar-refractivity contribution in [3.05, 3.63) is 53.5 Å². The fourth-order valence-corrected chi connectivity index (χ4v) is 2.20. The first-order valence-electron chi connectivity index (χ1n) is 6.72. The normalized spacial score (nSPS) is 17.3. The second kappa shape index (κ2) is 7.13. The van der Waals surface area contributed by atoms with E-state index in [9.17, 15) is 9.59 Å². The Kier molecular flexibility index (Phi) is 5.22. The number of ether oxygens (including phenoxy) is 2. The molecule has 0 bridgehead atoms. The summed E-state index contributed by atoms with van der Waals surface area (Å²) in [6.07, 6.45) is 3.43. The molecule has 0 saturated carbocycles. The van der Waals surface area contributed by atoms with Gasteiger partial charge in [0.1, 0.15) is 18.1 Å². The minimum Gasteiger partial charge on any atom is -0.489 e. The van der Waals surface area contributed by atoms with Crippen LogP contribution in [0.2, 0.25) is 0 Å². The highest BCUT2D eigenvalue weighted by Gasteiger charge is 2.23. The molecule has 0 aliphatic heterocycles. The van der Waals surface area contributed by atoms with Crippen molar-refractivity contribution < 1.29 is 19.1 Å². The van der Waals surface area contributed by atoms with E-state index >= 15 is 0 Å². The minimum atomic E-state index is -0.580. The van der Waals surface area contributed by atoms with Crippen LogP contribution in [0.4, 0.5) is 5.69 Å². The van der Waals surface area contributed by atoms with Gasteiger partial charge in [0.05, 0.1) is 5.92 Å². The highest BCUT2D eigenvalue weighted by molar-refractivity contribution is 6.64. The van der Waals surface area contributed by atoms with E-state index in [1.165, 1.54) is 6.92 Å². The van der Waals surface area contributed by atoms with Gasteiger partial charge in [0, 0.05) is 30.7 Å². The van der Waals surface area contributed by atoms with Gasteiger partial charge in [-0.15, -0.1) is 0 Å². The lowest BCUT2D eigenvalue weighted by atomic mass is 10.00. The highest BCUT2D eigenvalue weighted by Crippen LogP contribution is 2.27. The first-order valence-corrected chi connectivity index (χ1v) is 7.10. The summed E-state index contributed by atoms with van der Waals surface area (Å²) in [5, 5.41) is -0.530. The molecule has 0 fully saturated rings. The summed E-state index contributed by atoms with van der Waals surface area (Å²) in [4.78, 5) is 22.4. The predicted molar refractivity (Wildman–Crippen MR) is 82.5 cm³/mol. The fraction of sp³-hybridized carbons (Fsp3) is 0.250. The second-order valence-electron chi connectivity index (χ2n) is 4.88. The van der Waals surface area contributed by atoms with Crippen molar-refractivity contribution in [2.45, 2.75) is 20.0 Å². The fourth-order valence-electron chi connectivity index (χ4n) is 2.06. The summed E-state index contributed by atoms with van der Waals surface area (Å²) in [5.74, 6) is -0.264. The Morgan fingerprint density at radius 2 is 2.09 bits per heavy atom. The van der Waals surface area contributed by atoms with Crippen molar-refractivity contribution in [3.63, 3.8) is 0 Å². The number of para-hydroxylation sites is 1. The van der Waals surface area contributed by atoms with Gasteiger partial charge in [-0.25, -0.2) is 0 Å². The molecule has 116 valence electrons. The zero-order valence-electron chi connectivity index (χ0n) is 12.0. The van der Waals surface area contributed by atoms with Gasteiger partial charge in [-0.1, -0.05) is 18.2 Å². The molecular formula is C16H16ClNO4. The third kappa shape index (κ3) is 4.36. The molecule has 1 aromatic carbocycles. The molecule has 0 heterocycles. The summed E-state index contributed by atoms with van der Waals surface area (Å²) in [5.41, 5.74) is 7.29. The number of hydrogen-bond acceptors (Lipinski definition) is 5. The van der Waals surface area contributed by atoms with Crippen LogP contribution in [-0.2, 0) is 25.7 Å². The largest absolute Gasteiger partial charge is 0.489 e. The van der Waals surface area contributed by atoms with Gasteiger partial charge in [-0.3, -0.25) is 9.59 Å². The van der Waals surface area contributed by atoms with Crippen LogP contribution in [0.5, 0.6) is 0 Å². The van der Waals surface area contributed by atoms with E-state index in [0.29, 0.717) is 17.2 Å². The Balaban J connectivity index is 2.12. The van der Waals surface area contributed by atoms with E-state index in [0.717, 1.165) is 5.56 Å². The number of hydrogen-bond donors (Lipinski definition) is 1. The van der Waals surface area contributed by atoms with Gasteiger partial charge >= 0.3 is 5.97 Å². The predicted octanol–water partition coefficient (Wildman–Crippen LogP) is 2.90. The lowest BCUT2D eigenvalue weighted by molar-refractivity contribution is -0.137. The molecule has 0 amide bonds. The molecule has 2 rings (SSSR count). The maximum Gasteiger partial charge on any atom is 0.307 e. The quantitative estimate of drug-likeness (QED) is 0.512. The number of benzene rings is 1. The van der Waals surface area contributed by atoms with E-state index in [-0.39, 0.29) is 13.0 Å². The third-order valence-electron chi connectivity index (χ3n) is 3.11. The molecule has 22 heavy (non-hydrogen) atoms. The number of nitrogen functional groups attached to an aromatic ring is 1. The molecule has 0 saturated heterocycles. The van der Waals surface area contributed by atoms with E-state index in [1.807, 2.05) is 18.2 Å². The summed E-state index contributed by atoms with van der Waals surface area (Å²) >= 11 is 5.54. The number of carbonyl (C=O) groups excluding carboxylic acids is 2. The first-order chi connectivity index (χ1) is 10.5. The molecule has 1 aliphatic rings. The van der Waals surface area contributed by atoms with Crippen molar-refractivity contribution in [2.75, 3.05) is 5.73 Å². The van der Waals surface area contributed by atoms with Gasteiger partial charge in [0.15, 0.2) is 0 Å². The lowest BCUT2D eigenvalue weighted by Gasteiger charge is -2.19. The van der Waals surface area contributed by atoms with Crippen LogP contribution in [-0.4, -0.2) is 11.2 Å². The van der Waals surface area contributed by atoms with E-state index < -0.39 is 17.1 Å². The number of rotatable bonds is 5. The monoisotopic (exact) mass is 321 g/mol. The molecule has 0 spiro atoms. The maximum absolute atomic E-state index is 11.4. The lowest BCUT2D eigenvalue weighted by Crippen LogP contribution is -2.15. The van der Waals surface area contributed by atoms with Crippen LogP contribution < -0.4 is 5.73 Å². The number of halogens is 1. The van der Waals surface area contributed by atoms with Crippen LogP contribution >= 0.6 is 11.6 Å². The van der Waals surface area contributed by atoms with Gasteiger partial charge in [0.25, 0.3) is 0 Å². The Morgan fingerprint density at radius 3 is 2.73 bits per heavy atom. The Morgan fingerprint density at radius 1 is 1.36 bits per heavy atom. The van der Waals surface area contributed by atoms with Crippen LogP contribution in [0, 0.1) is 5.92 Å². The van der Waals surface area contributed by atoms with E-state index in [1.54, 1.807) is 18.2 Å². The van der Waals surface area contributed by atoms with Crippen molar-refractivity contribution in [3.8, 4) is 0 Å². The number of nitrogens with two attached hydrogens (primary N) is 1. The number of anilines is 1. The molecule has 1 atom stereocenters. The molecular weight excluding hydrogens is 306 g/mol. The average molecular weight is 322 g/mol. The molecule has 0 aromatic heterocycles. The van der Waals surface area contributed by atoms with Gasteiger partial charge < -0.3 is 15.2 Å². The number of esters is 1. The zero-order valence-corrected chi connectivity index (χ0v) is 12.8. The van der Waals surface area contributed by atoms with E-state index in [2.05, 4.69) is 0 Å². The van der Waals surface area contributed by atoms with Gasteiger partial charge in [-0.2, -0.15) is 0 Å². The molecule has 6 heteroatoms. The van der Waals surface area contributed by atoms with Gasteiger partial charge in [-0.05, 0) is 23.7 Å². The summed E-state index contributed by atoms with van der Waals surface area (Å²) < 4.78 is 10.7. The summed E-state index contributed by atoms with van der Waals surface area (Å²) in [6, 6.07) is 7.31. The summed E-state index contributed by atoms with van der Waals surface area (Å²) in [6.45, 7) is 1.54. The zero-order chi connectivity index (χ0) is 16.1. The smallest absolute Gasteiger partial charge is 0.307 e. The number of allylic oxidation sites excluding steroid dienone is 3. The van der Waals surface area contributed by atoms with Crippen molar-refractivity contribution in [1.82, 2.24) is 0 Å². The average Bonchev–Trinajstić information content (AvgIpc) is 2.45. The molecule has 0 radical (unpaired) electrons. The van der Waals surface area contributed by atoms with Crippen molar-refractivity contribution >= 4 is 28.5 Å². The molecule has 1 unspecified atom stereocenters. The van der Waals surface area contributed by atoms with Crippen molar-refractivity contribution in [2.24, 2.45) is 5.92 Å².